The first-order valence-electron chi connectivity index (χ1n) is 5.42. The number of hydrogen-bond donors (Lipinski definition) is 1. The SMILES string of the molecule is O=C(O)c1cc(Oc2ccc(S(=O)(=O)C(F)F)cc2)cs1. The number of benzene rings is 1. The highest BCUT2D eigenvalue weighted by molar-refractivity contribution is 7.91. The van der Waals surface area contributed by atoms with Gasteiger partial charge in [0.25, 0.3) is 0 Å². The lowest BCUT2D eigenvalue weighted by Gasteiger charge is -2.05. The van der Waals surface area contributed by atoms with E-state index in [2.05, 4.69) is 0 Å². The normalized spacial score (nSPS) is 11.6. The highest BCUT2D eigenvalue weighted by Crippen LogP contribution is 2.28. The van der Waals surface area contributed by atoms with Gasteiger partial charge in [-0.25, -0.2) is 13.2 Å². The van der Waals surface area contributed by atoms with Gasteiger partial charge in [-0.15, -0.1) is 11.3 Å². The topological polar surface area (TPSA) is 80.7 Å². The Kier molecular flexibility index (Phi) is 4.24. The minimum absolute atomic E-state index is 0.0851. The van der Waals surface area contributed by atoms with Gasteiger partial charge in [-0.2, -0.15) is 8.78 Å². The van der Waals surface area contributed by atoms with Crippen molar-refractivity contribution in [1.82, 2.24) is 0 Å². The third-order valence-corrected chi connectivity index (χ3v) is 4.70. The summed E-state index contributed by atoms with van der Waals surface area (Å²) < 4.78 is 52.5. The highest BCUT2D eigenvalue weighted by atomic mass is 32.2. The second kappa shape index (κ2) is 5.78. The number of sulfone groups is 1. The monoisotopic (exact) mass is 334 g/mol. The van der Waals surface area contributed by atoms with Crippen LogP contribution in [0.2, 0.25) is 0 Å². The van der Waals surface area contributed by atoms with Gasteiger partial charge in [0.15, 0.2) is 0 Å². The minimum atomic E-state index is -4.64. The number of alkyl halides is 2. The predicted octanol–water partition coefficient (Wildman–Crippen LogP) is 3.23. The fourth-order valence-electron chi connectivity index (χ4n) is 1.42. The van der Waals surface area contributed by atoms with Gasteiger partial charge < -0.3 is 9.84 Å². The summed E-state index contributed by atoms with van der Waals surface area (Å²) in [6.07, 6.45) is 0. The molecule has 112 valence electrons. The van der Waals surface area contributed by atoms with Crippen molar-refractivity contribution in [2.24, 2.45) is 0 Å². The Morgan fingerprint density at radius 2 is 1.81 bits per heavy atom. The lowest BCUT2D eigenvalue weighted by Crippen LogP contribution is -2.11. The quantitative estimate of drug-likeness (QED) is 0.908. The van der Waals surface area contributed by atoms with E-state index in [4.69, 9.17) is 9.84 Å². The van der Waals surface area contributed by atoms with E-state index < -0.39 is 26.5 Å². The molecule has 0 radical (unpaired) electrons. The first-order chi connectivity index (χ1) is 9.80. The second-order valence-corrected chi connectivity index (χ2v) is 6.66. The van der Waals surface area contributed by atoms with Crippen molar-refractivity contribution in [2.75, 3.05) is 0 Å². The third kappa shape index (κ3) is 3.37. The van der Waals surface area contributed by atoms with E-state index in [1.165, 1.54) is 23.6 Å². The molecule has 0 amide bonds. The van der Waals surface area contributed by atoms with Crippen molar-refractivity contribution < 1.29 is 31.8 Å². The molecule has 0 bridgehead atoms. The highest BCUT2D eigenvalue weighted by Gasteiger charge is 2.26. The van der Waals surface area contributed by atoms with Crippen molar-refractivity contribution in [3.8, 4) is 11.5 Å². The Hall–Kier alpha value is -2.00. The summed E-state index contributed by atoms with van der Waals surface area (Å²) in [6.45, 7) is 0. The van der Waals surface area contributed by atoms with Crippen LogP contribution in [-0.2, 0) is 9.84 Å². The Morgan fingerprint density at radius 1 is 1.19 bits per heavy atom. The van der Waals surface area contributed by atoms with Crippen LogP contribution in [0.3, 0.4) is 0 Å². The number of carboxylic acid groups (broad SMARTS) is 1. The summed E-state index contributed by atoms with van der Waals surface area (Å²) in [7, 11) is -4.64. The van der Waals surface area contributed by atoms with E-state index in [0.29, 0.717) is 0 Å². The van der Waals surface area contributed by atoms with Crippen LogP contribution in [0.25, 0.3) is 0 Å². The van der Waals surface area contributed by atoms with Gasteiger partial charge in [0.2, 0.25) is 9.84 Å². The van der Waals surface area contributed by atoms with Crippen molar-refractivity contribution in [3.63, 3.8) is 0 Å². The van der Waals surface area contributed by atoms with Crippen LogP contribution >= 0.6 is 11.3 Å². The molecule has 0 unspecified atom stereocenters. The maximum absolute atomic E-state index is 12.4. The standard InChI is InChI=1S/C12H8F2O5S2/c13-12(14)21(17,18)9-3-1-7(2-4-9)19-8-5-10(11(15)16)20-6-8/h1-6,12H,(H,15,16). The van der Waals surface area contributed by atoms with Gasteiger partial charge in [-0.3, -0.25) is 0 Å². The van der Waals surface area contributed by atoms with E-state index >= 15 is 0 Å². The molecule has 1 N–H and O–H groups in total. The Bertz CT molecular complexity index is 750. The fraction of sp³-hybridized carbons (Fsp3) is 0.0833. The smallest absolute Gasteiger partial charge is 0.346 e. The molecule has 0 fully saturated rings. The van der Waals surface area contributed by atoms with Gasteiger partial charge in [0, 0.05) is 11.4 Å². The lowest BCUT2D eigenvalue weighted by molar-refractivity contribution is 0.0702. The maximum atomic E-state index is 12.4. The molecular formula is C12H8F2O5S2. The number of ether oxygens (including phenoxy) is 1. The molecule has 1 aromatic heterocycles. The minimum Gasteiger partial charge on any atom is -0.477 e. The second-order valence-electron chi connectivity index (χ2n) is 3.83. The van der Waals surface area contributed by atoms with E-state index in [9.17, 15) is 22.0 Å². The number of carboxylic acids is 1. The molecule has 1 aromatic carbocycles. The van der Waals surface area contributed by atoms with Gasteiger partial charge >= 0.3 is 11.7 Å². The molecule has 0 atom stereocenters. The van der Waals surface area contributed by atoms with Crippen molar-refractivity contribution in [2.45, 2.75) is 10.7 Å². The Balaban J connectivity index is 2.18. The van der Waals surface area contributed by atoms with Crippen LogP contribution in [-0.4, -0.2) is 25.3 Å². The summed E-state index contributed by atoms with van der Waals surface area (Å²) in [6, 6.07) is 5.74. The summed E-state index contributed by atoms with van der Waals surface area (Å²) in [4.78, 5) is 10.3. The Morgan fingerprint density at radius 3 is 2.29 bits per heavy atom. The molecule has 2 rings (SSSR count). The molecule has 0 aliphatic rings. The van der Waals surface area contributed by atoms with Gasteiger partial charge in [0.05, 0.1) is 4.90 Å². The van der Waals surface area contributed by atoms with Gasteiger partial charge in [0.1, 0.15) is 16.4 Å². The molecule has 21 heavy (non-hydrogen) atoms. The average Bonchev–Trinajstić information content (AvgIpc) is 2.88. The molecule has 0 saturated heterocycles. The molecule has 2 aromatic rings. The number of aromatic carboxylic acids is 1. The number of carbonyl (C=O) groups is 1. The van der Waals surface area contributed by atoms with Crippen LogP contribution in [0, 0.1) is 0 Å². The first kappa shape index (κ1) is 15.4. The first-order valence-corrected chi connectivity index (χ1v) is 7.85. The summed E-state index contributed by atoms with van der Waals surface area (Å²) in [5.41, 5.74) is 0. The van der Waals surface area contributed by atoms with Crippen LogP contribution < -0.4 is 4.74 Å². The number of thiophene rings is 1. The van der Waals surface area contributed by atoms with E-state index in [0.717, 1.165) is 23.5 Å². The number of halogens is 2. The zero-order valence-electron chi connectivity index (χ0n) is 10.2. The molecule has 1 heterocycles. The van der Waals surface area contributed by atoms with Crippen LogP contribution in [0.5, 0.6) is 11.5 Å². The molecule has 9 heteroatoms. The van der Waals surface area contributed by atoms with E-state index in [1.807, 2.05) is 0 Å². The summed E-state index contributed by atoms with van der Waals surface area (Å²) in [5.74, 6) is -4.10. The van der Waals surface area contributed by atoms with Crippen LogP contribution in [0.1, 0.15) is 9.67 Å². The molecule has 0 spiro atoms. The van der Waals surface area contributed by atoms with Crippen molar-refractivity contribution in [3.05, 3.63) is 40.6 Å². The molecule has 5 nitrogen and oxygen atoms in total. The predicted molar refractivity (Wildman–Crippen MR) is 71.0 cm³/mol. The van der Waals surface area contributed by atoms with E-state index in [1.54, 1.807) is 0 Å². The molecular weight excluding hydrogens is 326 g/mol. The van der Waals surface area contributed by atoms with Crippen molar-refractivity contribution >= 4 is 27.1 Å². The largest absolute Gasteiger partial charge is 0.477 e. The number of rotatable bonds is 5. The van der Waals surface area contributed by atoms with Gasteiger partial charge in [-0.1, -0.05) is 0 Å². The Labute approximate surface area is 122 Å². The lowest BCUT2D eigenvalue weighted by atomic mass is 10.3. The van der Waals surface area contributed by atoms with Crippen molar-refractivity contribution in [1.29, 1.82) is 0 Å². The molecule has 0 saturated carbocycles. The van der Waals surface area contributed by atoms with Crippen LogP contribution in [0.15, 0.2) is 40.6 Å². The maximum Gasteiger partial charge on any atom is 0.346 e. The third-order valence-electron chi connectivity index (χ3n) is 2.41. The average molecular weight is 334 g/mol. The summed E-state index contributed by atoms with van der Waals surface area (Å²) in [5, 5.41) is 10.2. The number of hydrogen-bond acceptors (Lipinski definition) is 5. The molecule has 0 aliphatic heterocycles. The van der Waals surface area contributed by atoms with Crippen LogP contribution in [0.4, 0.5) is 8.78 Å². The zero-order valence-corrected chi connectivity index (χ0v) is 11.8. The van der Waals surface area contributed by atoms with Gasteiger partial charge in [-0.05, 0) is 24.3 Å². The fourth-order valence-corrected chi connectivity index (χ4v) is 2.79. The summed E-state index contributed by atoms with van der Waals surface area (Å²) >= 11 is 0.969. The molecule has 0 aliphatic carbocycles. The van der Waals surface area contributed by atoms with E-state index in [-0.39, 0.29) is 16.4 Å². The zero-order chi connectivity index (χ0) is 15.6.